The molecule has 3 atom stereocenters. The Labute approximate surface area is 469 Å². The number of aliphatic imine (C=N–C) groups is 2. The molecule has 21 nitrogen and oxygen atoms in total. The maximum atomic E-state index is 13.6. The lowest BCUT2D eigenvalue weighted by Crippen LogP contribution is -2.36. The summed E-state index contributed by atoms with van der Waals surface area (Å²) in [7, 11) is 3.03. The Morgan fingerprint density at radius 3 is 1.68 bits per heavy atom. The van der Waals surface area contributed by atoms with Crippen molar-refractivity contribution >= 4 is 71.0 Å². The highest BCUT2D eigenvalue weighted by Crippen LogP contribution is 2.41. The van der Waals surface area contributed by atoms with Crippen LogP contribution in [0.5, 0.6) is 23.0 Å². The number of hydrogen-bond acceptors (Lipinski definition) is 17. The fourth-order valence-electron chi connectivity index (χ4n) is 9.47. The molecule has 0 bridgehead atoms. The zero-order valence-electron chi connectivity index (χ0n) is 45.3. The first-order chi connectivity index (χ1) is 38.8. The lowest BCUT2D eigenvalue weighted by atomic mass is 10.1. The topological polar surface area (TPSA) is 235 Å². The highest BCUT2D eigenvalue weighted by molar-refractivity contribution is 8.00. The summed E-state index contributed by atoms with van der Waals surface area (Å²) in [5.74, 6) is 6.45. The Kier molecular flexibility index (Phi) is 20.9. The summed E-state index contributed by atoms with van der Waals surface area (Å²) in [6, 6.07) is 12.1. The van der Waals surface area contributed by atoms with E-state index in [2.05, 4.69) is 45.6 Å². The Hall–Kier alpha value is -7.55. The summed E-state index contributed by atoms with van der Waals surface area (Å²) in [6.07, 6.45) is 7.00. The lowest BCUT2D eigenvalue weighted by molar-refractivity contribution is -0.138. The van der Waals surface area contributed by atoms with Gasteiger partial charge in [-0.1, -0.05) is 36.1 Å². The maximum absolute atomic E-state index is 13.6. The number of fused-ring (bicyclic) bond motifs is 4. The number of imide groups is 1. The Balaban J connectivity index is 0.776. The van der Waals surface area contributed by atoms with Crippen LogP contribution in [0.25, 0.3) is 0 Å². The number of carbonyl (C=O) groups is 6. The normalized spacial score (nSPS) is 18.0. The Morgan fingerprint density at radius 1 is 0.650 bits per heavy atom. The third kappa shape index (κ3) is 15.4. The van der Waals surface area contributed by atoms with Crippen LogP contribution in [-0.2, 0) is 51.3 Å². The fraction of sp³-hybridized carbons (Fsp3) is 0.448. The maximum Gasteiger partial charge on any atom is 0.257 e. The predicted molar refractivity (Wildman–Crippen MR) is 299 cm³/mol. The van der Waals surface area contributed by atoms with Crippen molar-refractivity contribution in [2.75, 3.05) is 106 Å². The summed E-state index contributed by atoms with van der Waals surface area (Å²) in [5, 5.41) is 5.17. The van der Waals surface area contributed by atoms with Crippen molar-refractivity contribution in [2.24, 2.45) is 9.98 Å². The Bertz CT molecular complexity index is 2840. The average Bonchev–Trinajstić information content (AvgIpc) is 4.12. The van der Waals surface area contributed by atoms with Gasteiger partial charge >= 0.3 is 0 Å². The van der Waals surface area contributed by atoms with Gasteiger partial charge in [0.2, 0.25) is 23.6 Å². The first kappa shape index (κ1) is 58.6. The first-order valence-electron chi connectivity index (χ1n) is 26.4. The fourth-order valence-corrected chi connectivity index (χ4v) is 10.1. The molecule has 0 aliphatic carbocycles. The van der Waals surface area contributed by atoms with Gasteiger partial charge in [0.1, 0.15) is 13.2 Å². The number of nitrogens with zero attached hydrogens (tertiary/aromatic N) is 5. The van der Waals surface area contributed by atoms with E-state index < -0.39 is 0 Å². The second-order valence-electron chi connectivity index (χ2n) is 19.3. The van der Waals surface area contributed by atoms with E-state index in [1.54, 1.807) is 52.8 Å². The second-order valence-corrected chi connectivity index (χ2v) is 20.4. The number of amides is 6. The van der Waals surface area contributed by atoms with Crippen molar-refractivity contribution in [3.8, 4) is 34.8 Å². The van der Waals surface area contributed by atoms with Crippen molar-refractivity contribution in [3.63, 3.8) is 0 Å². The van der Waals surface area contributed by atoms with Crippen LogP contribution in [-0.4, -0.2) is 186 Å². The van der Waals surface area contributed by atoms with Crippen LogP contribution < -0.4 is 29.6 Å². The molecule has 3 aromatic rings. The third-order valence-electron chi connectivity index (χ3n) is 13.6. The van der Waals surface area contributed by atoms with Crippen LogP contribution in [0.1, 0.15) is 69.5 Å². The number of benzene rings is 3. The largest absolute Gasteiger partial charge is 0.493 e. The predicted octanol–water partition coefficient (Wildman–Crippen LogP) is 4.76. The zero-order chi connectivity index (χ0) is 56.5. The molecule has 3 aromatic carbocycles. The zero-order valence-corrected chi connectivity index (χ0v) is 46.2. The van der Waals surface area contributed by atoms with E-state index in [0.29, 0.717) is 130 Å². The van der Waals surface area contributed by atoms with Gasteiger partial charge in [-0.2, -0.15) is 11.8 Å². The molecule has 3 fully saturated rings. The summed E-state index contributed by atoms with van der Waals surface area (Å²) in [5.41, 5.74) is 5.84. The van der Waals surface area contributed by atoms with Crippen LogP contribution in [0.15, 0.2) is 76.8 Å². The molecule has 0 spiro atoms. The molecule has 0 saturated carbocycles. The van der Waals surface area contributed by atoms with E-state index in [9.17, 15) is 28.8 Å². The minimum Gasteiger partial charge on any atom is -0.493 e. The molecule has 424 valence electrons. The van der Waals surface area contributed by atoms with E-state index in [1.807, 2.05) is 18.2 Å². The van der Waals surface area contributed by atoms with Gasteiger partial charge in [0.25, 0.3) is 11.8 Å². The molecule has 5 aliphatic heterocycles. The first-order valence-corrected chi connectivity index (χ1v) is 27.7. The number of carbonyl (C=O) groups excluding carboxylic acids is 6. The average molecular weight is 1120 g/mol. The number of hydrogen-bond donors (Lipinski definition) is 2. The van der Waals surface area contributed by atoms with Crippen LogP contribution in [0.3, 0.4) is 0 Å². The van der Waals surface area contributed by atoms with Crippen molar-refractivity contribution in [1.82, 2.24) is 25.3 Å². The molecule has 2 N–H and O–H groups in total. The number of likely N-dealkylation sites (tertiary alicyclic amines) is 1. The quantitative estimate of drug-likeness (QED) is 0.0432. The molecule has 80 heavy (non-hydrogen) atoms. The number of ether oxygens (including phenoxy) is 8. The Morgan fingerprint density at radius 2 is 1.16 bits per heavy atom. The molecule has 0 radical (unpaired) electrons. The summed E-state index contributed by atoms with van der Waals surface area (Å²) in [4.78, 5) is 90.2. The summed E-state index contributed by atoms with van der Waals surface area (Å²) < 4.78 is 46.3. The third-order valence-corrected chi connectivity index (χ3v) is 14.5. The van der Waals surface area contributed by atoms with Gasteiger partial charge in [-0.3, -0.25) is 43.7 Å². The molecular weight excluding hydrogens is 1050 g/mol. The van der Waals surface area contributed by atoms with E-state index in [-0.39, 0.29) is 105 Å². The number of thioether (sulfide) groups is 1. The van der Waals surface area contributed by atoms with Crippen LogP contribution >= 0.6 is 11.8 Å². The van der Waals surface area contributed by atoms with Gasteiger partial charge < -0.3 is 58.3 Å². The molecule has 5 aliphatic rings. The van der Waals surface area contributed by atoms with E-state index in [4.69, 9.17) is 37.9 Å². The molecule has 8 rings (SSSR count). The molecule has 5 heterocycles. The van der Waals surface area contributed by atoms with E-state index >= 15 is 0 Å². The van der Waals surface area contributed by atoms with Gasteiger partial charge in [-0.05, 0) is 60.6 Å². The van der Waals surface area contributed by atoms with Gasteiger partial charge in [-0.25, -0.2) is 0 Å². The van der Waals surface area contributed by atoms with Gasteiger partial charge in [0.15, 0.2) is 23.0 Å². The van der Waals surface area contributed by atoms with Crippen LogP contribution in [0, 0.1) is 11.8 Å². The highest BCUT2D eigenvalue weighted by Gasteiger charge is 2.38. The highest BCUT2D eigenvalue weighted by atomic mass is 32.2. The number of rotatable bonds is 28. The van der Waals surface area contributed by atoms with E-state index in [0.717, 1.165) is 27.2 Å². The van der Waals surface area contributed by atoms with Crippen molar-refractivity contribution in [3.05, 3.63) is 94.6 Å². The molecule has 6 amide bonds. The minimum atomic E-state index is -0.363. The molecule has 1 unspecified atom stereocenters. The molecule has 22 heteroatoms. The molecular formula is C58H67N7O14S. The SMILES string of the molecule is C=C1C[C@H]2C=Nc3cc(OCc4cc(C#CCNC(=O)CCOCCOCCOCCOCCNC(=O)CCN5C(=O)CC(SC)C5=O)cc(COc5cc6c(cc5OC)C(=O)N5CC(=C)C[C@H]5C=N6)c4)c(OC)cc3C(=O)N2C1. The van der Waals surface area contributed by atoms with Crippen molar-refractivity contribution in [1.29, 1.82) is 0 Å². The lowest BCUT2D eigenvalue weighted by Gasteiger charge is -2.20. The number of methoxy groups -OCH3 is 2. The van der Waals surface area contributed by atoms with Crippen LogP contribution in [0.2, 0.25) is 0 Å². The summed E-state index contributed by atoms with van der Waals surface area (Å²) in [6.45, 7) is 12.2. The van der Waals surface area contributed by atoms with Gasteiger partial charge in [0.05, 0.1) is 113 Å². The minimum absolute atomic E-state index is 0.0452. The van der Waals surface area contributed by atoms with Crippen molar-refractivity contribution in [2.45, 2.75) is 62.7 Å². The molecule has 3 saturated heterocycles. The standard InChI is InChI=1S/C58H67N7O14S/c1-37-21-42-31-61-46-28-50(48(72-3)26-44(46)56(69)64(42)33-37)78-35-40-23-39(24-41(25-40)36-79-51-29-47-45(27-49(51)73-4)57(70)65-34-38(2)22-43(65)32-62-47)7-6-10-59-54(67)9-13-74-15-17-76-19-20-77-18-16-75-14-11-60-53(66)8-12-63-55(68)30-52(80-5)58(63)71/h23-29,31-32,42-43,52H,1-2,8-22,30,33-36H2,3-5H3,(H,59,67)(H,60,66)/t42-,43-,52?/m0/s1. The van der Waals surface area contributed by atoms with E-state index in [1.165, 1.54) is 26.0 Å². The molecule has 0 aromatic heterocycles. The van der Waals surface area contributed by atoms with Crippen LogP contribution in [0.4, 0.5) is 11.4 Å². The van der Waals surface area contributed by atoms with Gasteiger partial charge in [-0.15, -0.1) is 0 Å². The van der Waals surface area contributed by atoms with Crippen molar-refractivity contribution < 1.29 is 66.7 Å². The smallest absolute Gasteiger partial charge is 0.257 e. The van der Waals surface area contributed by atoms with Gasteiger partial charge in [0, 0.05) is 75.6 Å². The summed E-state index contributed by atoms with van der Waals surface area (Å²) >= 11 is 1.34. The second kappa shape index (κ2) is 28.5. The monoisotopic (exact) mass is 1120 g/mol. The number of nitrogens with one attached hydrogen (secondary N) is 2.